The lowest BCUT2D eigenvalue weighted by molar-refractivity contribution is 0.814. The van der Waals surface area contributed by atoms with Gasteiger partial charge in [-0.05, 0) is 30.7 Å². The minimum atomic E-state index is 0.548. The Balaban J connectivity index is 1.72. The van der Waals surface area contributed by atoms with Gasteiger partial charge in [0.25, 0.3) is 0 Å². The second kappa shape index (κ2) is 6.64. The van der Waals surface area contributed by atoms with E-state index in [4.69, 9.17) is 5.73 Å². The van der Waals surface area contributed by atoms with Gasteiger partial charge in [-0.15, -0.1) is 0 Å². The first-order valence-corrected chi connectivity index (χ1v) is 6.48. The Morgan fingerprint density at radius 2 is 1.89 bits per heavy atom. The quantitative estimate of drug-likeness (QED) is 0.780. The van der Waals surface area contributed by atoms with E-state index in [1.807, 2.05) is 18.2 Å². The molecule has 0 bridgehead atoms. The van der Waals surface area contributed by atoms with Gasteiger partial charge in [0.15, 0.2) is 0 Å². The molecule has 19 heavy (non-hydrogen) atoms. The molecule has 4 nitrogen and oxygen atoms in total. The van der Waals surface area contributed by atoms with Gasteiger partial charge in [0.2, 0.25) is 0 Å². The third-order valence-corrected chi connectivity index (χ3v) is 2.94. The van der Waals surface area contributed by atoms with E-state index in [-0.39, 0.29) is 0 Å². The van der Waals surface area contributed by atoms with Crippen LogP contribution in [0.15, 0.2) is 48.5 Å². The van der Waals surface area contributed by atoms with Crippen LogP contribution in [0.1, 0.15) is 6.42 Å². The minimum Gasteiger partial charge on any atom is -0.384 e. The predicted molar refractivity (Wildman–Crippen MR) is 81.5 cm³/mol. The second-order valence-corrected chi connectivity index (χ2v) is 4.49. The highest BCUT2D eigenvalue weighted by Crippen LogP contribution is 2.11. The van der Waals surface area contributed by atoms with Gasteiger partial charge in [0.1, 0.15) is 11.6 Å². The molecule has 0 fully saturated rings. The molecular formula is C15H20N4. The molecule has 0 aliphatic heterocycles. The molecular weight excluding hydrogens is 236 g/mol. The lowest BCUT2D eigenvalue weighted by Crippen LogP contribution is -2.20. The number of pyridine rings is 1. The molecule has 2 rings (SSSR count). The SMILES string of the molecule is CN(CCCNc1cccc(N)n1)c1ccccc1. The molecule has 4 heteroatoms. The maximum atomic E-state index is 5.63. The summed E-state index contributed by atoms with van der Waals surface area (Å²) < 4.78 is 0. The van der Waals surface area contributed by atoms with E-state index in [0.29, 0.717) is 5.82 Å². The molecule has 0 amide bonds. The molecule has 0 radical (unpaired) electrons. The lowest BCUT2D eigenvalue weighted by Gasteiger charge is -2.19. The normalized spacial score (nSPS) is 10.2. The molecule has 1 heterocycles. The smallest absolute Gasteiger partial charge is 0.128 e. The summed E-state index contributed by atoms with van der Waals surface area (Å²) in [5.41, 5.74) is 6.87. The number of nitrogens with zero attached hydrogens (tertiary/aromatic N) is 2. The van der Waals surface area contributed by atoms with Crippen molar-refractivity contribution in [1.29, 1.82) is 0 Å². The Labute approximate surface area is 114 Å². The number of benzene rings is 1. The van der Waals surface area contributed by atoms with Crippen molar-refractivity contribution in [2.45, 2.75) is 6.42 Å². The average molecular weight is 256 g/mol. The molecule has 0 atom stereocenters. The Kier molecular flexibility index (Phi) is 4.61. The number of anilines is 3. The summed E-state index contributed by atoms with van der Waals surface area (Å²) in [6, 6.07) is 16.0. The van der Waals surface area contributed by atoms with Gasteiger partial charge in [-0.3, -0.25) is 0 Å². The number of rotatable bonds is 6. The fourth-order valence-corrected chi connectivity index (χ4v) is 1.89. The second-order valence-electron chi connectivity index (χ2n) is 4.49. The molecule has 0 aliphatic rings. The highest BCUT2D eigenvalue weighted by Gasteiger charge is 1.99. The number of nitrogens with one attached hydrogen (secondary N) is 1. The number of hydrogen-bond donors (Lipinski definition) is 2. The van der Waals surface area contributed by atoms with Gasteiger partial charge in [-0.2, -0.15) is 0 Å². The molecule has 0 saturated heterocycles. The summed E-state index contributed by atoms with van der Waals surface area (Å²) >= 11 is 0. The van der Waals surface area contributed by atoms with Crippen LogP contribution in [0.2, 0.25) is 0 Å². The summed E-state index contributed by atoms with van der Waals surface area (Å²) in [5.74, 6) is 1.38. The highest BCUT2D eigenvalue weighted by molar-refractivity contribution is 5.45. The third kappa shape index (κ3) is 4.17. The summed E-state index contributed by atoms with van der Waals surface area (Å²) in [4.78, 5) is 6.45. The molecule has 100 valence electrons. The van der Waals surface area contributed by atoms with E-state index in [2.05, 4.69) is 46.5 Å². The van der Waals surface area contributed by atoms with Crippen LogP contribution in [0.3, 0.4) is 0 Å². The largest absolute Gasteiger partial charge is 0.384 e. The lowest BCUT2D eigenvalue weighted by atomic mass is 10.3. The van der Waals surface area contributed by atoms with Crippen LogP contribution in [0.4, 0.5) is 17.3 Å². The van der Waals surface area contributed by atoms with Crippen LogP contribution >= 0.6 is 0 Å². The average Bonchev–Trinajstić information content (AvgIpc) is 2.44. The number of nitrogen functional groups attached to an aromatic ring is 1. The molecule has 0 aliphatic carbocycles. The molecule has 1 aromatic carbocycles. The van der Waals surface area contributed by atoms with Crippen molar-refractivity contribution >= 4 is 17.3 Å². The Morgan fingerprint density at radius 1 is 1.11 bits per heavy atom. The van der Waals surface area contributed by atoms with Crippen LogP contribution in [0.5, 0.6) is 0 Å². The Bertz CT molecular complexity index is 499. The van der Waals surface area contributed by atoms with Gasteiger partial charge >= 0.3 is 0 Å². The van der Waals surface area contributed by atoms with E-state index >= 15 is 0 Å². The van der Waals surface area contributed by atoms with Crippen LogP contribution in [0.25, 0.3) is 0 Å². The highest BCUT2D eigenvalue weighted by atomic mass is 15.1. The summed E-state index contributed by atoms with van der Waals surface area (Å²) in [6.07, 6.45) is 1.04. The first kappa shape index (κ1) is 13.2. The first-order chi connectivity index (χ1) is 9.25. The van der Waals surface area contributed by atoms with Crippen LogP contribution < -0.4 is 16.0 Å². The molecule has 2 aromatic rings. The van der Waals surface area contributed by atoms with Gasteiger partial charge < -0.3 is 16.0 Å². The number of hydrogen-bond acceptors (Lipinski definition) is 4. The van der Waals surface area contributed by atoms with Crippen molar-refractivity contribution in [2.24, 2.45) is 0 Å². The topological polar surface area (TPSA) is 54.2 Å². The Morgan fingerprint density at radius 3 is 2.63 bits per heavy atom. The monoisotopic (exact) mass is 256 g/mol. The fraction of sp³-hybridized carbons (Fsp3) is 0.267. The number of nitrogens with two attached hydrogens (primary N) is 1. The molecule has 0 saturated carbocycles. The van der Waals surface area contributed by atoms with E-state index in [9.17, 15) is 0 Å². The molecule has 0 unspecified atom stereocenters. The van der Waals surface area contributed by atoms with E-state index < -0.39 is 0 Å². The maximum absolute atomic E-state index is 5.63. The summed E-state index contributed by atoms with van der Waals surface area (Å²) in [5, 5.41) is 3.27. The minimum absolute atomic E-state index is 0.548. The zero-order valence-corrected chi connectivity index (χ0v) is 11.2. The Hall–Kier alpha value is -2.23. The molecule has 3 N–H and O–H groups in total. The zero-order valence-electron chi connectivity index (χ0n) is 11.2. The molecule has 1 aromatic heterocycles. The summed E-state index contributed by atoms with van der Waals surface area (Å²) in [6.45, 7) is 1.88. The van der Waals surface area contributed by atoms with Crippen molar-refractivity contribution in [3.63, 3.8) is 0 Å². The fourth-order valence-electron chi connectivity index (χ4n) is 1.89. The van der Waals surface area contributed by atoms with Gasteiger partial charge in [-0.1, -0.05) is 24.3 Å². The third-order valence-electron chi connectivity index (χ3n) is 2.94. The van der Waals surface area contributed by atoms with Crippen LogP contribution in [-0.4, -0.2) is 25.1 Å². The van der Waals surface area contributed by atoms with Crippen molar-refractivity contribution in [1.82, 2.24) is 4.98 Å². The molecule has 0 spiro atoms. The van der Waals surface area contributed by atoms with E-state index in [1.54, 1.807) is 6.07 Å². The number of aromatic nitrogens is 1. The number of para-hydroxylation sites is 1. The standard InChI is InChI=1S/C15H20N4/c1-19(13-7-3-2-4-8-13)12-6-11-17-15-10-5-9-14(16)18-15/h2-5,7-10H,6,11-12H2,1H3,(H3,16,17,18). The van der Waals surface area contributed by atoms with Crippen molar-refractivity contribution in [3.8, 4) is 0 Å². The van der Waals surface area contributed by atoms with E-state index in [0.717, 1.165) is 25.3 Å². The van der Waals surface area contributed by atoms with Gasteiger partial charge in [0.05, 0.1) is 0 Å². The zero-order chi connectivity index (χ0) is 13.5. The van der Waals surface area contributed by atoms with E-state index in [1.165, 1.54) is 5.69 Å². The van der Waals surface area contributed by atoms with Crippen LogP contribution in [0, 0.1) is 0 Å². The van der Waals surface area contributed by atoms with Crippen molar-refractivity contribution in [2.75, 3.05) is 36.1 Å². The predicted octanol–water partition coefficient (Wildman–Crippen LogP) is 2.60. The van der Waals surface area contributed by atoms with Crippen molar-refractivity contribution in [3.05, 3.63) is 48.5 Å². The maximum Gasteiger partial charge on any atom is 0.128 e. The van der Waals surface area contributed by atoms with Gasteiger partial charge in [-0.25, -0.2) is 4.98 Å². The van der Waals surface area contributed by atoms with Crippen molar-refractivity contribution < 1.29 is 0 Å². The summed E-state index contributed by atoms with van der Waals surface area (Å²) in [7, 11) is 2.11. The van der Waals surface area contributed by atoms with Crippen LogP contribution in [-0.2, 0) is 0 Å². The first-order valence-electron chi connectivity index (χ1n) is 6.48. The van der Waals surface area contributed by atoms with Gasteiger partial charge in [0, 0.05) is 25.8 Å².